The summed E-state index contributed by atoms with van der Waals surface area (Å²) in [4.78, 5) is 0. The van der Waals surface area contributed by atoms with Crippen molar-refractivity contribution in [3.8, 4) is 5.75 Å². The molecule has 0 unspecified atom stereocenters. The van der Waals surface area contributed by atoms with Gasteiger partial charge >= 0.3 is 0 Å². The van der Waals surface area contributed by atoms with Gasteiger partial charge in [0.2, 0.25) is 0 Å². The van der Waals surface area contributed by atoms with Crippen molar-refractivity contribution in [2.75, 3.05) is 7.11 Å². The molecule has 0 spiro atoms. The molecule has 0 aliphatic heterocycles. The lowest BCUT2D eigenvalue weighted by molar-refractivity contribution is 0.294. The van der Waals surface area contributed by atoms with Crippen LogP contribution in [0.3, 0.4) is 0 Å². The molecule has 1 aliphatic rings. The average Bonchev–Trinajstić information content (AvgIpc) is 2.38. The smallest absolute Gasteiger partial charge is 0.125 e. The van der Waals surface area contributed by atoms with E-state index in [0.29, 0.717) is 11.3 Å². The molecule has 1 aliphatic carbocycles. The summed E-state index contributed by atoms with van der Waals surface area (Å²) < 4.78 is 18.4. The van der Waals surface area contributed by atoms with Crippen molar-refractivity contribution in [3.63, 3.8) is 0 Å². The summed E-state index contributed by atoms with van der Waals surface area (Å²) in [7, 11) is 1.57. The fraction of sp³-hybridized carbons (Fsp3) is 0.571. The van der Waals surface area contributed by atoms with Crippen molar-refractivity contribution in [1.29, 1.82) is 0 Å². The van der Waals surface area contributed by atoms with Crippen LogP contribution in [0.25, 0.3) is 0 Å². The maximum Gasteiger partial charge on any atom is 0.125 e. The minimum atomic E-state index is -0.516. The molecule has 17 heavy (non-hydrogen) atoms. The van der Waals surface area contributed by atoms with Crippen LogP contribution in [-0.2, 0) is 12.2 Å². The van der Waals surface area contributed by atoms with Crippen molar-refractivity contribution >= 4 is 0 Å². The van der Waals surface area contributed by atoms with E-state index >= 15 is 0 Å². The monoisotopic (exact) mass is 237 g/mol. The normalized spacial score (nSPS) is 19.0. The van der Waals surface area contributed by atoms with Crippen LogP contribution >= 0.6 is 0 Å². The first kappa shape index (κ1) is 12.4. The van der Waals surface area contributed by atoms with Gasteiger partial charge in [-0.25, -0.2) is 4.39 Å². The molecule has 0 saturated heterocycles. The minimum absolute atomic E-state index is 0.367. The Morgan fingerprint density at radius 1 is 1.29 bits per heavy atom. The SMILES string of the molecule is COc1cccc(C2(N)CCCCC2)c1CF. The number of alkyl halides is 1. The molecule has 1 fully saturated rings. The topological polar surface area (TPSA) is 35.2 Å². The molecular weight excluding hydrogens is 217 g/mol. The summed E-state index contributed by atoms with van der Waals surface area (Å²) in [6.45, 7) is -0.516. The van der Waals surface area contributed by atoms with Crippen LogP contribution in [0.2, 0.25) is 0 Å². The summed E-state index contributed by atoms with van der Waals surface area (Å²) in [6.07, 6.45) is 5.35. The highest BCUT2D eigenvalue weighted by molar-refractivity contribution is 5.43. The van der Waals surface area contributed by atoms with E-state index < -0.39 is 6.67 Å². The number of rotatable bonds is 3. The Balaban J connectivity index is 2.42. The van der Waals surface area contributed by atoms with Crippen molar-refractivity contribution in [2.24, 2.45) is 5.73 Å². The number of methoxy groups -OCH3 is 1. The van der Waals surface area contributed by atoms with E-state index in [0.717, 1.165) is 31.2 Å². The Hall–Kier alpha value is -1.09. The van der Waals surface area contributed by atoms with Gasteiger partial charge in [0.1, 0.15) is 12.4 Å². The van der Waals surface area contributed by atoms with E-state index in [2.05, 4.69) is 0 Å². The molecule has 0 bridgehead atoms. The number of hydrogen-bond acceptors (Lipinski definition) is 2. The van der Waals surface area contributed by atoms with Gasteiger partial charge in [0.05, 0.1) is 7.11 Å². The van der Waals surface area contributed by atoms with Crippen LogP contribution in [0.1, 0.15) is 43.2 Å². The van der Waals surface area contributed by atoms with Crippen LogP contribution in [0, 0.1) is 0 Å². The molecular formula is C14H20FNO. The lowest BCUT2D eigenvalue weighted by Gasteiger charge is -2.35. The van der Waals surface area contributed by atoms with Crippen LogP contribution in [0.4, 0.5) is 4.39 Å². The van der Waals surface area contributed by atoms with E-state index in [1.807, 2.05) is 12.1 Å². The van der Waals surface area contributed by atoms with Crippen LogP contribution in [0.5, 0.6) is 5.75 Å². The van der Waals surface area contributed by atoms with Gasteiger partial charge in [0.25, 0.3) is 0 Å². The second-order valence-corrected chi connectivity index (χ2v) is 4.84. The Kier molecular flexibility index (Phi) is 3.67. The summed E-state index contributed by atoms with van der Waals surface area (Å²) >= 11 is 0. The van der Waals surface area contributed by atoms with Crippen LogP contribution in [-0.4, -0.2) is 7.11 Å². The first-order valence-corrected chi connectivity index (χ1v) is 6.22. The Labute approximate surface area is 102 Å². The first-order valence-electron chi connectivity index (χ1n) is 6.22. The van der Waals surface area contributed by atoms with E-state index in [1.165, 1.54) is 6.42 Å². The maximum absolute atomic E-state index is 13.2. The molecule has 2 nitrogen and oxygen atoms in total. The van der Waals surface area contributed by atoms with E-state index in [1.54, 1.807) is 13.2 Å². The van der Waals surface area contributed by atoms with Gasteiger partial charge in [-0.3, -0.25) is 0 Å². The average molecular weight is 237 g/mol. The quantitative estimate of drug-likeness (QED) is 0.875. The maximum atomic E-state index is 13.2. The fourth-order valence-electron chi connectivity index (χ4n) is 2.81. The van der Waals surface area contributed by atoms with Crippen molar-refractivity contribution < 1.29 is 9.13 Å². The molecule has 0 heterocycles. The molecule has 1 aromatic carbocycles. The molecule has 2 N–H and O–H groups in total. The van der Waals surface area contributed by atoms with Gasteiger partial charge in [-0.2, -0.15) is 0 Å². The van der Waals surface area contributed by atoms with Crippen LogP contribution in [0.15, 0.2) is 18.2 Å². The molecule has 0 amide bonds. The van der Waals surface area contributed by atoms with Gasteiger partial charge in [-0.05, 0) is 24.5 Å². The van der Waals surface area contributed by atoms with Gasteiger partial charge in [-0.1, -0.05) is 31.4 Å². The first-order chi connectivity index (χ1) is 8.21. The molecule has 0 atom stereocenters. The molecule has 0 aromatic heterocycles. The van der Waals surface area contributed by atoms with Gasteiger partial charge in [-0.15, -0.1) is 0 Å². The number of ether oxygens (including phenoxy) is 1. The summed E-state index contributed by atoms with van der Waals surface area (Å²) in [6, 6.07) is 5.64. The van der Waals surface area contributed by atoms with Crippen molar-refractivity contribution in [3.05, 3.63) is 29.3 Å². The Morgan fingerprint density at radius 3 is 2.59 bits per heavy atom. The minimum Gasteiger partial charge on any atom is -0.496 e. The van der Waals surface area contributed by atoms with Gasteiger partial charge < -0.3 is 10.5 Å². The number of nitrogens with two attached hydrogens (primary N) is 1. The highest BCUT2D eigenvalue weighted by Crippen LogP contribution is 2.39. The molecule has 94 valence electrons. The molecule has 0 radical (unpaired) electrons. The number of benzene rings is 1. The standard InChI is InChI=1S/C14H20FNO/c1-17-13-7-5-6-12(11(13)10-15)14(16)8-3-2-4-9-14/h5-7H,2-4,8-10,16H2,1H3. The predicted octanol–water partition coefficient (Wildman–Crippen LogP) is 3.28. The molecule has 3 heteroatoms. The van der Waals surface area contributed by atoms with Crippen molar-refractivity contribution in [2.45, 2.75) is 44.3 Å². The zero-order valence-corrected chi connectivity index (χ0v) is 10.3. The summed E-state index contributed by atoms with van der Waals surface area (Å²) in [5, 5.41) is 0. The Bertz CT molecular complexity index is 386. The predicted molar refractivity (Wildman–Crippen MR) is 66.8 cm³/mol. The zero-order valence-electron chi connectivity index (χ0n) is 10.3. The van der Waals surface area contributed by atoms with Crippen LogP contribution < -0.4 is 10.5 Å². The third-order valence-electron chi connectivity index (χ3n) is 3.77. The van der Waals surface area contributed by atoms with Gasteiger partial charge in [0.15, 0.2) is 0 Å². The third-order valence-corrected chi connectivity index (χ3v) is 3.77. The fourth-order valence-corrected chi connectivity index (χ4v) is 2.81. The third kappa shape index (κ3) is 2.29. The zero-order chi connectivity index (χ0) is 12.3. The second kappa shape index (κ2) is 5.05. The van der Waals surface area contributed by atoms with E-state index in [-0.39, 0.29) is 5.54 Å². The highest BCUT2D eigenvalue weighted by Gasteiger charge is 2.32. The van der Waals surface area contributed by atoms with Crippen molar-refractivity contribution in [1.82, 2.24) is 0 Å². The highest BCUT2D eigenvalue weighted by atomic mass is 19.1. The molecule has 1 saturated carbocycles. The number of hydrogen-bond donors (Lipinski definition) is 1. The second-order valence-electron chi connectivity index (χ2n) is 4.84. The van der Waals surface area contributed by atoms with E-state index in [4.69, 9.17) is 10.5 Å². The summed E-state index contributed by atoms with van der Waals surface area (Å²) in [5.74, 6) is 0.611. The van der Waals surface area contributed by atoms with E-state index in [9.17, 15) is 4.39 Å². The van der Waals surface area contributed by atoms with Gasteiger partial charge in [0, 0.05) is 11.1 Å². The largest absolute Gasteiger partial charge is 0.496 e. The number of halogens is 1. The molecule has 1 aromatic rings. The lowest BCUT2D eigenvalue weighted by Crippen LogP contribution is -2.39. The summed E-state index contributed by atoms with van der Waals surface area (Å²) in [5.41, 5.74) is 7.65. The lowest BCUT2D eigenvalue weighted by atomic mass is 9.76. The Morgan fingerprint density at radius 2 is 2.00 bits per heavy atom. The molecule has 2 rings (SSSR count).